The fourth-order valence-corrected chi connectivity index (χ4v) is 0. The van der Waals surface area contributed by atoms with Gasteiger partial charge < -0.3 is 15.1 Å². The summed E-state index contributed by atoms with van der Waals surface area (Å²) >= 11 is 0. The number of hydrogen-bond donors (Lipinski definition) is 3. The summed E-state index contributed by atoms with van der Waals surface area (Å²) in [7, 11) is -2.17. The summed E-state index contributed by atoms with van der Waals surface area (Å²) in [5.74, 6) is 0. The van der Waals surface area contributed by atoms with Crippen molar-refractivity contribution >= 4 is 45.1 Å². The Kier molecular flexibility index (Phi) is 27.7. The molecule has 6 heteroatoms. The summed E-state index contributed by atoms with van der Waals surface area (Å²) in [5.41, 5.74) is 0. The van der Waals surface area contributed by atoms with Crippen LogP contribution < -0.4 is 0 Å². The van der Waals surface area contributed by atoms with Gasteiger partial charge in [-0.2, -0.15) is 0 Å². The third kappa shape index (κ3) is 31.0. The Morgan fingerprint density at radius 1 is 1.00 bits per heavy atom. The molecule has 3 nitrogen and oxygen atoms in total. The van der Waals surface area contributed by atoms with Crippen molar-refractivity contribution in [2.75, 3.05) is 0 Å². The zero-order valence-corrected chi connectivity index (χ0v) is 5.63. The van der Waals surface area contributed by atoms with Crippen LogP contribution in [0.25, 0.3) is 0 Å². The summed E-state index contributed by atoms with van der Waals surface area (Å²) < 4.78 is 0. The van der Waals surface area contributed by atoms with E-state index in [4.69, 9.17) is 15.1 Å². The van der Waals surface area contributed by atoms with Crippen LogP contribution in [0.1, 0.15) is 0 Å². The van der Waals surface area contributed by atoms with Gasteiger partial charge >= 0.3 is 45.1 Å². The first-order valence-corrected chi connectivity index (χ1v) is 0.775. The molecule has 0 saturated carbocycles. The molecule has 0 amide bonds. The second-order valence-corrected chi connectivity index (χ2v) is 0.346. The summed E-state index contributed by atoms with van der Waals surface area (Å²) in [4.78, 5) is 0. The van der Waals surface area contributed by atoms with E-state index in [1.54, 1.807) is 0 Å². The minimum absolute atomic E-state index is 0. The van der Waals surface area contributed by atoms with Gasteiger partial charge in [0.15, 0.2) is 0 Å². The van der Waals surface area contributed by atoms with Crippen LogP contribution in [0.15, 0.2) is 0 Å². The van der Waals surface area contributed by atoms with E-state index in [2.05, 4.69) is 0 Å². The zero-order valence-electron chi connectivity index (χ0n) is 2.42. The molecule has 6 heavy (non-hydrogen) atoms. The molecule has 0 aliphatic rings. The second-order valence-electron chi connectivity index (χ2n) is 0.346. The van der Waals surface area contributed by atoms with Crippen molar-refractivity contribution in [2.24, 2.45) is 0 Å². The maximum absolute atomic E-state index is 7.17. The normalized spacial score (nSPS) is 4.50. The fourth-order valence-electron chi connectivity index (χ4n) is 0. The van der Waals surface area contributed by atoms with Gasteiger partial charge in [0, 0.05) is 40.8 Å². The Morgan fingerprint density at radius 3 is 1.00 bits per heavy atom. The second kappa shape index (κ2) is 10.5. The van der Waals surface area contributed by atoms with Gasteiger partial charge in [-0.3, -0.25) is 0 Å². The minimum atomic E-state index is -2.17. The molecule has 0 saturated heterocycles. The number of hydrogen-bond acceptors (Lipinski definition) is 3. The van der Waals surface area contributed by atoms with Crippen molar-refractivity contribution in [3.05, 3.63) is 0 Å². The van der Waals surface area contributed by atoms with Gasteiger partial charge in [0.05, 0.1) is 0 Å². The summed E-state index contributed by atoms with van der Waals surface area (Å²) in [6, 6.07) is 0. The van der Waals surface area contributed by atoms with E-state index in [0.717, 1.165) is 0 Å². The molecule has 3 N–H and O–H groups in total. The average Bonchev–Trinajstić information content (AvgIpc) is 0.811. The summed E-state index contributed by atoms with van der Waals surface area (Å²) in [6.07, 6.45) is 0. The van der Waals surface area contributed by atoms with Crippen LogP contribution in [0.4, 0.5) is 0 Å². The Hall–Kier alpha value is 2.56. The SMILES string of the molecule is OB(O)O.[CaH2].[Nd]. The monoisotopic (exact) mass is 246 g/mol. The molecule has 0 aromatic carbocycles. The van der Waals surface area contributed by atoms with Crippen molar-refractivity contribution in [3.63, 3.8) is 0 Å². The van der Waals surface area contributed by atoms with E-state index in [0.29, 0.717) is 0 Å². The summed E-state index contributed by atoms with van der Waals surface area (Å²) in [6.45, 7) is 0. The number of rotatable bonds is 0. The van der Waals surface area contributed by atoms with E-state index in [-0.39, 0.29) is 78.6 Å². The maximum atomic E-state index is 7.17. The smallest absolute Gasteiger partial charge is 0 e. The third-order valence-electron chi connectivity index (χ3n) is 0. The van der Waals surface area contributed by atoms with Crippen molar-refractivity contribution in [3.8, 4) is 0 Å². The maximum Gasteiger partial charge on any atom is 0 e. The predicted molar refractivity (Wildman–Crippen MR) is 21.0 cm³/mol. The zero-order chi connectivity index (χ0) is 3.58. The standard InChI is InChI=1S/BH3O3.Ca.Nd.2H/c2-1(3)4;;;;/h2-4H;;;;. The first-order chi connectivity index (χ1) is 1.73. The Labute approximate surface area is 98.8 Å². The van der Waals surface area contributed by atoms with Crippen molar-refractivity contribution in [2.45, 2.75) is 0 Å². The van der Waals surface area contributed by atoms with Gasteiger partial charge in [-0.1, -0.05) is 0 Å². The molecule has 0 unspecified atom stereocenters. The van der Waals surface area contributed by atoms with Crippen LogP contribution in [0.3, 0.4) is 0 Å². The molecular formula is H5BCaNdO3. The van der Waals surface area contributed by atoms with Gasteiger partial charge in [0.2, 0.25) is 0 Å². The Morgan fingerprint density at radius 2 is 1.00 bits per heavy atom. The van der Waals surface area contributed by atoms with Gasteiger partial charge in [-0.25, -0.2) is 0 Å². The molecule has 0 fully saturated rings. The molecule has 0 aliphatic heterocycles. The molecule has 0 aromatic heterocycles. The van der Waals surface area contributed by atoms with Crippen LogP contribution in [0, 0.1) is 40.8 Å². The molecule has 0 radical (unpaired) electrons. The van der Waals surface area contributed by atoms with Crippen LogP contribution >= 0.6 is 0 Å². The first kappa shape index (κ1) is 15.8. The van der Waals surface area contributed by atoms with E-state index in [1.807, 2.05) is 0 Å². The van der Waals surface area contributed by atoms with Crippen LogP contribution in [0.2, 0.25) is 0 Å². The van der Waals surface area contributed by atoms with Crippen LogP contribution in [-0.4, -0.2) is 60.1 Å². The molecule has 0 aromatic rings. The predicted octanol–water partition coefficient (Wildman–Crippen LogP) is -2.97. The summed E-state index contributed by atoms with van der Waals surface area (Å²) in [5, 5.41) is 21.5. The van der Waals surface area contributed by atoms with Gasteiger partial charge in [-0.05, 0) is 0 Å². The van der Waals surface area contributed by atoms with Gasteiger partial charge in [-0.15, -0.1) is 0 Å². The van der Waals surface area contributed by atoms with Crippen LogP contribution in [-0.2, 0) is 0 Å². The van der Waals surface area contributed by atoms with Gasteiger partial charge in [0.25, 0.3) is 0 Å². The first-order valence-electron chi connectivity index (χ1n) is 0.775. The molecule has 0 atom stereocenters. The van der Waals surface area contributed by atoms with Crippen molar-refractivity contribution < 1.29 is 55.9 Å². The minimum Gasteiger partial charge on any atom is 0 e. The molecule has 0 aliphatic carbocycles. The molecular weight excluding hydrogens is 243 g/mol. The topological polar surface area (TPSA) is 60.7 Å². The van der Waals surface area contributed by atoms with E-state index >= 15 is 0 Å². The van der Waals surface area contributed by atoms with E-state index in [1.165, 1.54) is 0 Å². The van der Waals surface area contributed by atoms with Crippen molar-refractivity contribution in [1.29, 1.82) is 0 Å². The molecule has 32 valence electrons. The Bertz CT molecular complexity index is 15.5. The molecule has 0 rings (SSSR count). The third-order valence-corrected chi connectivity index (χ3v) is 0. The van der Waals surface area contributed by atoms with E-state index < -0.39 is 7.32 Å². The fraction of sp³-hybridized carbons (Fsp3) is 0. The quantitative estimate of drug-likeness (QED) is 0.401. The van der Waals surface area contributed by atoms with Crippen LogP contribution in [0.5, 0.6) is 0 Å². The Balaban J connectivity index is -0.0000000450. The molecule has 0 spiro atoms. The van der Waals surface area contributed by atoms with Crippen molar-refractivity contribution in [1.82, 2.24) is 0 Å². The molecule has 0 heterocycles. The van der Waals surface area contributed by atoms with E-state index in [9.17, 15) is 0 Å². The molecule has 0 bridgehead atoms. The largest absolute Gasteiger partial charge is 0 e. The van der Waals surface area contributed by atoms with Gasteiger partial charge in [0.1, 0.15) is 0 Å². The average molecular weight is 248 g/mol.